The van der Waals surface area contributed by atoms with E-state index in [0.717, 1.165) is 12.8 Å². The summed E-state index contributed by atoms with van der Waals surface area (Å²) >= 11 is 0. The Kier molecular flexibility index (Phi) is 6.94. The molecule has 0 unspecified atom stereocenters. The van der Waals surface area contributed by atoms with Gasteiger partial charge in [-0.05, 0) is 36.1 Å². The highest BCUT2D eigenvalue weighted by atomic mass is 31.1. The van der Waals surface area contributed by atoms with E-state index >= 15 is 0 Å². The number of hydrogen-bond donors (Lipinski definition) is 0. The van der Waals surface area contributed by atoms with Crippen LogP contribution in [-0.2, 0) is 26.5 Å². The van der Waals surface area contributed by atoms with Crippen LogP contribution in [0.15, 0.2) is 85.3 Å². The molecule has 0 atom stereocenters. The van der Waals surface area contributed by atoms with Crippen LogP contribution in [0.25, 0.3) is 0 Å². The first-order valence-corrected chi connectivity index (χ1v) is 8.13. The third-order valence-electron chi connectivity index (χ3n) is 2.88. The van der Waals surface area contributed by atoms with E-state index in [2.05, 4.69) is 0 Å². The lowest BCUT2D eigenvalue weighted by Gasteiger charge is -1.92. The van der Waals surface area contributed by atoms with Crippen LogP contribution < -0.4 is 0 Å². The van der Waals surface area contributed by atoms with Crippen molar-refractivity contribution in [2.24, 2.45) is 0 Å². The van der Waals surface area contributed by atoms with Gasteiger partial charge in [-0.15, -0.1) is 0 Å². The van der Waals surface area contributed by atoms with Gasteiger partial charge >= 0.3 is 8.25 Å². The van der Waals surface area contributed by atoms with Crippen molar-refractivity contribution in [1.29, 1.82) is 0 Å². The fourth-order valence-corrected chi connectivity index (χ4v) is 2.23. The number of allylic oxidation sites excluding steroid dienone is 2. The first-order valence-electron chi connectivity index (χ1n) is 7.03. The highest BCUT2D eigenvalue weighted by Crippen LogP contribution is 2.24. The minimum Gasteiger partial charge on any atom is -0.231 e. The van der Waals surface area contributed by atoms with Gasteiger partial charge in [-0.1, -0.05) is 60.7 Å². The molecule has 0 spiro atoms. The normalized spacial score (nSPS) is 11.7. The second-order valence-corrected chi connectivity index (χ2v) is 5.43. The van der Waals surface area contributed by atoms with Gasteiger partial charge in [0.15, 0.2) is 12.5 Å². The van der Waals surface area contributed by atoms with Crippen molar-refractivity contribution in [3.63, 3.8) is 0 Å². The predicted octanol–water partition coefficient (Wildman–Crippen LogP) is 5.19. The van der Waals surface area contributed by atoms with E-state index in [1.807, 2.05) is 60.7 Å². The van der Waals surface area contributed by atoms with Gasteiger partial charge in [0.05, 0.1) is 0 Å². The minimum atomic E-state index is -2.17. The molecular weight excluding hydrogens is 295 g/mol. The molecule has 2 aromatic rings. The van der Waals surface area contributed by atoms with Crippen LogP contribution in [0.1, 0.15) is 11.1 Å². The van der Waals surface area contributed by atoms with Crippen LogP contribution in [0, 0.1) is 0 Å². The Morgan fingerprint density at radius 3 is 1.55 bits per heavy atom. The third-order valence-corrected chi connectivity index (χ3v) is 3.47. The Labute approximate surface area is 131 Å². The molecule has 4 heteroatoms. The van der Waals surface area contributed by atoms with Crippen molar-refractivity contribution in [3.8, 4) is 0 Å². The molecule has 112 valence electrons. The zero-order valence-electron chi connectivity index (χ0n) is 12.2. The zero-order valence-corrected chi connectivity index (χ0v) is 13.1. The van der Waals surface area contributed by atoms with Gasteiger partial charge in [0.25, 0.3) is 0 Å². The van der Waals surface area contributed by atoms with Gasteiger partial charge in [-0.25, -0.2) is 9.05 Å². The van der Waals surface area contributed by atoms with Crippen LogP contribution in [0.5, 0.6) is 0 Å². The van der Waals surface area contributed by atoms with E-state index < -0.39 is 8.25 Å². The molecule has 0 N–H and O–H groups in total. The lowest BCUT2D eigenvalue weighted by Crippen LogP contribution is -1.80. The predicted molar refractivity (Wildman–Crippen MR) is 88.3 cm³/mol. The maximum Gasteiger partial charge on any atom is 0.804 e. The average molecular weight is 313 g/mol. The van der Waals surface area contributed by atoms with Gasteiger partial charge in [-0.3, -0.25) is 0 Å². The molecule has 0 aliphatic rings. The molecule has 0 heterocycles. The van der Waals surface area contributed by atoms with Crippen molar-refractivity contribution >= 4 is 8.25 Å². The summed E-state index contributed by atoms with van der Waals surface area (Å²) in [5, 5.41) is 0. The van der Waals surface area contributed by atoms with Crippen molar-refractivity contribution in [2.75, 3.05) is 0 Å². The summed E-state index contributed by atoms with van der Waals surface area (Å²) in [4.78, 5) is 0. The Bertz CT molecular complexity index is 566. The largest absolute Gasteiger partial charge is 0.804 e. The lowest BCUT2D eigenvalue weighted by atomic mass is 10.2. The van der Waals surface area contributed by atoms with E-state index in [1.54, 1.807) is 12.2 Å². The Balaban J connectivity index is 1.63. The van der Waals surface area contributed by atoms with Crippen LogP contribution in [-0.4, -0.2) is 0 Å². The molecule has 0 fully saturated rings. The summed E-state index contributed by atoms with van der Waals surface area (Å²) in [5.41, 5.74) is 2.34. The second kappa shape index (κ2) is 9.54. The van der Waals surface area contributed by atoms with E-state index in [4.69, 9.17) is 9.05 Å². The van der Waals surface area contributed by atoms with E-state index in [0.29, 0.717) is 0 Å². The van der Waals surface area contributed by atoms with Crippen molar-refractivity contribution < 1.29 is 13.6 Å². The minimum absolute atomic E-state index is 0.730. The van der Waals surface area contributed by atoms with Gasteiger partial charge < -0.3 is 0 Å². The first-order chi connectivity index (χ1) is 10.8. The van der Waals surface area contributed by atoms with E-state index in [1.165, 1.54) is 23.7 Å². The molecule has 0 aliphatic heterocycles. The second-order valence-electron chi connectivity index (χ2n) is 4.56. The highest BCUT2D eigenvalue weighted by Gasteiger charge is 2.16. The summed E-state index contributed by atoms with van der Waals surface area (Å²) in [5.74, 6) is 0. The topological polar surface area (TPSA) is 35.5 Å². The Morgan fingerprint density at radius 1 is 0.727 bits per heavy atom. The Morgan fingerprint density at radius 2 is 1.14 bits per heavy atom. The van der Waals surface area contributed by atoms with Crippen molar-refractivity contribution in [3.05, 3.63) is 96.5 Å². The summed E-state index contributed by atoms with van der Waals surface area (Å²) < 4.78 is 21.4. The molecule has 0 radical (unpaired) electrons. The highest BCUT2D eigenvalue weighted by molar-refractivity contribution is 7.33. The van der Waals surface area contributed by atoms with Crippen LogP contribution in [0.2, 0.25) is 0 Å². The molecule has 2 aromatic carbocycles. The van der Waals surface area contributed by atoms with Crippen LogP contribution in [0.3, 0.4) is 0 Å². The quantitative estimate of drug-likeness (QED) is 0.497. The molecule has 0 amide bonds. The summed E-state index contributed by atoms with van der Waals surface area (Å²) in [6, 6.07) is 19.9. The van der Waals surface area contributed by atoms with Gasteiger partial charge in [-0.2, -0.15) is 0 Å². The maximum absolute atomic E-state index is 11.5. The third kappa shape index (κ3) is 6.38. The van der Waals surface area contributed by atoms with E-state index in [9.17, 15) is 4.57 Å². The van der Waals surface area contributed by atoms with Crippen LogP contribution in [0.4, 0.5) is 0 Å². The molecule has 2 rings (SSSR count). The number of hydrogen-bond acceptors (Lipinski definition) is 3. The van der Waals surface area contributed by atoms with Crippen LogP contribution >= 0.6 is 8.25 Å². The monoisotopic (exact) mass is 313 g/mol. The smallest absolute Gasteiger partial charge is 0.231 e. The van der Waals surface area contributed by atoms with Gasteiger partial charge in [0.2, 0.25) is 0 Å². The molecule has 0 bridgehead atoms. The van der Waals surface area contributed by atoms with E-state index in [-0.39, 0.29) is 0 Å². The van der Waals surface area contributed by atoms with Crippen molar-refractivity contribution in [2.45, 2.75) is 12.8 Å². The lowest BCUT2D eigenvalue weighted by molar-refractivity contribution is 0.355. The first kappa shape index (κ1) is 16.0. The Hall–Kier alpha value is -2.38. The zero-order chi connectivity index (χ0) is 15.5. The number of benzene rings is 2. The average Bonchev–Trinajstić information content (AvgIpc) is 2.57. The molecular formula is C18H18O3P+. The fraction of sp³-hybridized carbons (Fsp3) is 0.111. The maximum atomic E-state index is 11.5. The van der Waals surface area contributed by atoms with Crippen molar-refractivity contribution in [1.82, 2.24) is 0 Å². The molecule has 3 nitrogen and oxygen atoms in total. The standard InChI is InChI=1S/C18H18O3P/c19-22(20-15-7-13-17-9-3-1-4-10-17)21-16-8-14-18-11-5-2-6-12-18/h1-12,15-16H,13-14H2/q+1. The summed E-state index contributed by atoms with van der Waals surface area (Å²) in [6.45, 7) is 0. The number of rotatable bonds is 8. The SMILES string of the molecule is O=[P+](OC=CCc1ccccc1)OC=CCc1ccccc1. The molecule has 0 saturated carbocycles. The molecule has 22 heavy (non-hydrogen) atoms. The summed E-state index contributed by atoms with van der Waals surface area (Å²) in [7, 11) is -2.17. The van der Waals surface area contributed by atoms with Gasteiger partial charge in [0, 0.05) is 4.57 Å². The van der Waals surface area contributed by atoms with Gasteiger partial charge in [0.1, 0.15) is 0 Å². The fourth-order valence-electron chi connectivity index (χ4n) is 1.81. The molecule has 0 aromatic heterocycles. The molecule has 0 saturated heterocycles. The summed E-state index contributed by atoms with van der Waals surface area (Å²) in [6.07, 6.45) is 7.90. The molecule has 0 aliphatic carbocycles.